The summed E-state index contributed by atoms with van der Waals surface area (Å²) in [5.41, 5.74) is 1.89. The quantitative estimate of drug-likeness (QED) is 0.424. The highest BCUT2D eigenvalue weighted by molar-refractivity contribution is 6.67. The van der Waals surface area contributed by atoms with E-state index in [-0.39, 0.29) is 42.3 Å². The van der Waals surface area contributed by atoms with Crippen molar-refractivity contribution in [2.24, 2.45) is 0 Å². The molecular weight excluding hydrogens is 422 g/mol. The molecule has 2 heterocycles. The molecule has 0 aliphatic rings. The van der Waals surface area contributed by atoms with Gasteiger partial charge < -0.3 is 9.84 Å². The van der Waals surface area contributed by atoms with Gasteiger partial charge in [0.05, 0.1) is 6.61 Å². The number of hydrogen-bond acceptors (Lipinski definition) is 7. The Morgan fingerprint density at radius 1 is 1.19 bits per heavy atom. The van der Waals surface area contributed by atoms with Gasteiger partial charge >= 0.3 is 0 Å². The number of Topliss-reactive ketones (excluding diaryl/α,β-unsaturated/α-hetero) is 1. The van der Waals surface area contributed by atoms with Crippen molar-refractivity contribution in [2.75, 3.05) is 13.2 Å². The van der Waals surface area contributed by atoms with Crippen LogP contribution in [0.1, 0.15) is 52.7 Å². The maximum atomic E-state index is 13.1. The second-order valence-electron chi connectivity index (χ2n) is 8.19. The molecule has 164 valence electrons. The Kier molecular flexibility index (Phi) is 6.28. The van der Waals surface area contributed by atoms with Gasteiger partial charge in [-0.2, -0.15) is 9.61 Å². The lowest BCUT2D eigenvalue weighted by atomic mass is 9.85. The molecule has 2 aromatic heterocycles. The van der Waals surface area contributed by atoms with Crippen LogP contribution in [-0.4, -0.2) is 48.7 Å². The van der Waals surface area contributed by atoms with E-state index in [9.17, 15) is 9.59 Å². The highest BCUT2D eigenvalue weighted by Gasteiger charge is 2.20. The zero-order valence-electron chi connectivity index (χ0n) is 17.8. The van der Waals surface area contributed by atoms with Gasteiger partial charge in [0.25, 0.3) is 5.24 Å². The van der Waals surface area contributed by atoms with Crippen LogP contribution in [-0.2, 0) is 12.0 Å². The summed E-state index contributed by atoms with van der Waals surface area (Å²) in [6, 6.07) is 6.74. The van der Waals surface area contributed by atoms with Crippen molar-refractivity contribution < 1.29 is 19.4 Å². The van der Waals surface area contributed by atoms with E-state index in [0.717, 1.165) is 5.56 Å². The number of halogens is 1. The number of carbonyl (C=O) groups excluding carboxylic acids is 2. The molecular formula is C21H24ClN5O4. The molecule has 9 nitrogen and oxygen atoms in total. The molecule has 0 bridgehead atoms. The summed E-state index contributed by atoms with van der Waals surface area (Å²) in [5.74, 6) is 0.215. The van der Waals surface area contributed by atoms with Gasteiger partial charge in [0.2, 0.25) is 5.62 Å². The van der Waals surface area contributed by atoms with Crippen molar-refractivity contribution in [3.05, 3.63) is 52.3 Å². The van der Waals surface area contributed by atoms with Gasteiger partial charge in [-0.3, -0.25) is 15.0 Å². The van der Waals surface area contributed by atoms with Crippen LogP contribution in [0.2, 0.25) is 0 Å². The number of ether oxygens (including phenoxy) is 1. The topological polar surface area (TPSA) is 123 Å². The summed E-state index contributed by atoms with van der Waals surface area (Å²) in [4.78, 5) is 24.5. The predicted molar refractivity (Wildman–Crippen MR) is 114 cm³/mol. The van der Waals surface area contributed by atoms with Gasteiger partial charge in [-0.15, -0.1) is 5.10 Å². The largest absolute Gasteiger partial charge is 0.491 e. The number of aromatic nitrogens is 4. The average molecular weight is 446 g/mol. The molecule has 0 aliphatic heterocycles. The maximum absolute atomic E-state index is 13.1. The van der Waals surface area contributed by atoms with Gasteiger partial charge in [0.1, 0.15) is 24.6 Å². The fourth-order valence-electron chi connectivity index (χ4n) is 3.03. The van der Waals surface area contributed by atoms with Crippen molar-refractivity contribution in [3.63, 3.8) is 0 Å². The maximum Gasteiger partial charge on any atom is 0.272 e. The lowest BCUT2D eigenvalue weighted by Gasteiger charge is -2.21. The van der Waals surface area contributed by atoms with Crippen LogP contribution in [0.3, 0.4) is 0 Å². The van der Waals surface area contributed by atoms with Crippen molar-refractivity contribution in [3.8, 4) is 5.75 Å². The molecule has 0 atom stereocenters. The Morgan fingerprint density at radius 3 is 2.52 bits per heavy atom. The van der Waals surface area contributed by atoms with E-state index < -0.39 is 5.24 Å². The summed E-state index contributed by atoms with van der Waals surface area (Å²) in [7, 11) is 0. The average Bonchev–Trinajstić information content (AvgIpc) is 3.01. The number of aliphatic hydroxyl groups is 1. The Morgan fingerprint density at radius 2 is 1.90 bits per heavy atom. The third kappa shape index (κ3) is 4.83. The van der Waals surface area contributed by atoms with Crippen LogP contribution in [0.15, 0.2) is 24.3 Å². The summed E-state index contributed by atoms with van der Waals surface area (Å²) in [6.45, 7) is 7.57. The number of fused-ring (bicyclic) bond motifs is 1. The normalized spacial score (nSPS) is 11.7. The molecule has 0 fully saturated rings. The second kappa shape index (κ2) is 8.60. The minimum absolute atomic E-state index is 0.000375. The first-order valence-electron chi connectivity index (χ1n) is 9.65. The van der Waals surface area contributed by atoms with Crippen molar-refractivity contribution in [2.45, 2.75) is 39.7 Å². The minimum Gasteiger partial charge on any atom is -0.491 e. The molecule has 2 N–H and O–H groups in total. The molecule has 3 rings (SSSR count). The van der Waals surface area contributed by atoms with Crippen LogP contribution in [0.25, 0.3) is 5.65 Å². The van der Waals surface area contributed by atoms with Crippen LogP contribution >= 0.6 is 11.6 Å². The van der Waals surface area contributed by atoms with E-state index in [0.29, 0.717) is 22.5 Å². The number of aliphatic hydroxyl groups excluding tert-OH is 1. The minimum atomic E-state index is -0.741. The Labute approximate surface area is 183 Å². The Balaban J connectivity index is 2.00. The monoisotopic (exact) mass is 445 g/mol. The van der Waals surface area contributed by atoms with Crippen molar-refractivity contribution in [1.82, 2.24) is 19.4 Å². The van der Waals surface area contributed by atoms with E-state index in [1.807, 2.05) is 26.8 Å². The Bertz CT molecular complexity index is 1220. The van der Waals surface area contributed by atoms with E-state index in [4.69, 9.17) is 26.9 Å². The van der Waals surface area contributed by atoms with E-state index in [1.165, 1.54) is 15.3 Å². The number of aryl methyl sites for hydroxylation is 1. The van der Waals surface area contributed by atoms with Crippen LogP contribution in [0.4, 0.5) is 0 Å². The zero-order valence-corrected chi connectivity index (χ0v) is 18.5. The number of benzene rings is 1. The highest BCUT2D eigenvalue weighted by atomic mass is 35.5. The summed E-state index contributed by atoms with van der Waals surface area (Å²) >= 11 is 5.52. The summed E-state index contributed by atoms with van der Waals surface area (Å²) < 4.78 is 7.94. The van der Waals surface area contributed by atoms with Crippen LogP contribution in [0, 0.1) is 12.3 Å². The van der Waals surface area contributed by atoms with Gasteiger partial charge in [-0.1, -0.05) is 20.8 Å². The van der Waals surface area contributed by atoms with Crippen LogP contribution < -0.4 is 10.4 Å². The number of hydrogen-bond donors (Lipinski definition) is 2. The predicted octanol–water partition coefficient (Wildman–Crippen LogP) is 2.25. The molecule has 1 aromatic carbocycles. The Hall–Kier alpha value is -3.04. The lowest BCUT2D eigenvalue weighted by molar-refractivity contribution is 0.0964. The summed E-state index contributed by atoms with van der Waals surface area (Å²) in [5, 5.41) is 25.0. The molecule has 0 saturated heterocycles. The van der Waals surface area contributed by atoms with E-state index in [2.05, 4.69) is 10.2 Å². The fourth-order valence-corrected chi connectivity index (χ4v) is 3.13. The van der Waals surface area contributed by atoms with Crippen LogP contribution in [0.5, 0.6) is 5.75 Å². The third-order valence-electron chi connectivity index (χ3n) is 4.72. The van der Waals surface area contributed by atoms with Gasteiger partial charge in [0, 0.05) is 5.56 Å². The number of nitrogens with zero attached hydrogens (tertiary/aromatic N) is 4. The van der Waals surface area contributed by atoms with E-state index >= 15 is 0 Å². The first-order valence-corrected chi connectivity index (χ1v) is 10.0. The third-order valence-corrected chi connectivity index (χ3v) is 4.92. The fraction of sp³-hybridized carbons (Fsp3) is 0.381. The summed E-state index contributed by atoms with van der Waals surface area (Å²) in [6.07, 6.45) is 0. The molecule has 0 saturated carbocycles. The van der Waals surface area contributed by atoms with Gasteiger partial charge in [0.15, 0.2) is 11.4 Å². The molecule has 31 heavy (non-hydrogen) atoms. The van der Waals surface area contributed by atoms with Crippen molar-refractivity contribution in [1.29, 1.82) is 5.41 Å². The molecule has 3 aromatic rings. The number of carbonyl (C=O) groups is 2. The highest BCUT2D eigenvalue weighted by Crippen LogP contribution is 2.28. The first-order chi connectivity index (χ1) is 14.5. The molecule has 10 heteroatoms. The molecule has 0 amide bonds. The molecule has 0 radical (unpaired) electrons. The van der Waals surface area contributed by atoms with E-state index in [1.54, 1.807) is 19.1 Å². The standard InChI is InChI=1S/C21H24ClN5O4/c1-12-7-16(18(22)30)24-27-19(12)25-26(20(27)23)11-17(29)13-8-14(21(2,3)4)10-15(9-13)31-6-5-28/h7-10,23,28H,5-6,11H2,1-4H3. The van der Waals surface area contributed by atoms with Gasteiger partial charge in [-0.05, 0) is 59.3 Å². The smallest absolute Gasteiger partial charge is 0.272 e. The number of rotatable bonds is 7. The number of nitrogens with one attached hydrogen (secondary N) is 1. The lowest BCUT2D eigenvalue weighted by Crippen LogP contribution is -2.27. The number of ketones is 1. The zero-order chi connectivity index (χ0) is 22.9. The van der Waals surface area contributed by atoms with Crippen molar-refractivity contribution >= 4 is 28.3 Å². The molecule has 0 spiro atoms. The molecule has 0 aliphatic carbocycles. The second-order valence-corrected chi connectivity index (χ2v) is 8.54. The molecule has 0 unspecified atom stereocenters. The SMILES string of the molecule is Cc1cc(C(=O)Cl)nn2c(=N)n(CC(=O)c3cc(OCCO)cc(C(C)(C)C)c3)nc12. The first kappa shape index (κ1) is 22.6. The van der Waals surface area contributed by atoms with Gasteiger partial charge in [-0.25, -0.2) is 4.68 Å².